The van der Waals surface area contributed by atoms with Crippen molar-refractivity contribution in [1.82, 2.24) is 10.2 Å². The van der Waals surface area contributed by atoms with E-state index in [1.54, 1.807) is 6.07 Å². The van der Waals surface area contributed by atoms with Crippen LogP contribution < -0.4 is 5.32 Å². The minimum absolute atomic E-state index is 0.120. The SMILES string of the molecule is CC1CN(C(C)c2ccc(F)c(F)c2)CCN1. The molecule has 0 saturated carbocycles. The Morgan fingerprint density at radius 1 is 1.35 bits per heavy atom. The van der Waals surface area contributed by atoms with Crippen LogP contribution in [0.4, 0.5) is 8.78 Å². The summed E-state index contributed by atoms with van der Waals surface area (Å²) in [6.07, 6.45) is 0. The van der Waals surface area contributed by atoms with Crippen LogP contribution in [0.25, 0.3) is 0 Å². The predicted octanol–water partition coefficient (Wildman–Crippen LogP) is 2.32. The fourth-order valence-electron chi connectivity index (χ4n) is 2.30. The molecule has 2 rings (SSSR count). The van der Waals surface area contributed by atoms with Crippen molar-refractivity contribution < 1.29 is 8.78 Å². The lowest BCUT2D eigenvalue weighted by Gasteiger charge is -2.36. The summed E-state index contributed by atoms with van der Waals surface area (Å²) in [5.74, 6) is -1.55. The molecule has 1 aliphatic heterocycles. The Balaban J connectivity index is 2.12. The summed E-state index contributed by atoms with van der Waals surface area (Å²) < 4.78 is 26.0. The molecule has 0 spiro atoms. The summed E-state index contributed by atoms with van der Waals surface area (Å²) in [7, 11) is 0. The van der Waals surface area contributed by atoms with E-state index in [2.05, 4.69) is 17.1 Å². The van der Waals surface area contributed by atoms with Gasteiger partial charge in [-0.25, -0.2) is 8.78 Å². The highest BCUT2D eigenvalue weighted by Gasteiger charge is 2.22. The minimum Gasteiger partial charge on any atom is -0.312 e. The van der Waals surface area contributed by atoms with Gasteiger partial charge in [0.2, 0.25) is 0 Å². The first-order valence-corrected chi connectivity index (χ1v) is 6.00. The van der Waals surface area contributed by atoms with Gasteiger partial charge in [0.25, 0.3) is 0 Å². The lowest BCUT2D eigenvalue weighted by atomic mass is 10.0. The Labute approximate surface area is 101 Å². The van der Waals surface area contributed by atoms with Crippen LogP contribution in [-0.4, -0.2) is 30.6 Å². The van der Waals surface area contributed by atoms with Crippen LogP contribution in [0.2, 0.25) is 0 Å². The van der Waals surface area contributed by atoms with E-state index in [9.17, 15) is 8.78 Å². The molecule has 94 valence electrons. The van der Waals surface area contributed by atoms with Gasteiger partial charge in [-0.3, -0.25) is 4.90 Å². The zero-order chi connectivity index (χ0) is 12.4. The number of halogens is 2. The summed E-state index contributed by atoms with van der Waals surface area (Å²) in [5, 5.41) is 3.36. The monoisotopic (exact) mass is 240 g/mol. The number of hydrogen-bond acceptors (Lipinski definition) is 2. The molecule has 1 aromatic rings. The molecule has 2 nitrogen and oxygen atoms in total. The average molecular weight is 240 g/mol. The van der Waals surface area contributed by atoms with Gasteiger partial charge >= 0.3 is 0 Å². The molecular weight excluding hydrogens is 222 g/mol. The third kappa shape index (κ3) is 2.82. The third-order valence-corrected chi connectivity index (χ3v) is 3.37. The maximum atomic E-state index is 13.2. The van der Waals surface area contributed by atoms with Crippen molar-refractivity contribution in [2.45, 2.75) is 25.9 Å². The van der Waals surface area contributed by atoms with Crippen molar-refractivity contribution >= 4 is 0 Å². The van der Waals surface area contributed by atoms with Crippen LogP contribution in [0.15, 0.2) is 18.2 Å². The standard InChI is InChI=1S/C13H18F2N2/c1-9-8-17(6-5-16-9)10(2)11-3-4-12(14)13(15)7-11/h3-4,7,9-10,16H,5-6,8H2,1-2H3. The first-order chi connectivity index (χ1) is 8.08. The van der Waals surface area contributed by atoms with Crippen LogP contribution in [0.3, 0.4) is 0 Å². The topological polar surface area (TPSA) is 15.3 Å². The van der Waals surface area contributed by atoms with Gasteiger partial charge in [-0.1, -0.05) is 6.07 Å². The summed E-state index contributed by atoms with van der Waals surface area (Å²) in [5.41, 5.74) is 0.831. The van der Waals surface area contributed by atoms with Crippen molar-refractivity contribution in [3.8, 4) is 0 Å². The quantitative estimate of drug-likeness (QED) is 0.853. The molecule has 1 heterocycles. The molecule has 17 heavy (non-hydrogen) atoms. The van der Waals surface area contributed by atoms with Crippen molar-refractivity contribution in [1.29, 1.82) is 0 Å². The summed E-state index contributed by atoms with van der Waals surface area (Å²) >= 11 is 0. The number of piperazine rings is 1. The molecule has 1 aromatic carbocycles. The van der Waals surface area contributed by atoms with Crippen LogP contribution in [0, 0.1) is 11.6 Å². The lowest BCUT2D eigenvalue weighted by Crippen LogP contribution is -2.49. The minimum atomic E-state index is -0.783. The van der Waals surface area contributed by atoms with E-state index >= 15 is 0 Å². The van der Waals surface area contributed by atoms with Crippen LogP contribution in [0.1, 0.15) is 25.5 Å². The lowest BCUT2D eigenvalue weighted by molar-refractivity contribution is 0.158. The van der Waals surface area contributed by atoms with Crippen LogP contribution >= 0.6 is 0 Å². The second-order valence-corrected chi connectivity index (χ2v) is 4.70. The van der Waals surface area contributed by atoms with E-state index in [0.29, 0.717) is 6.04 Å². The number of hydrogen-bond donors (Lipinski definition) is 1. The van der Waals surface area contributed by atoms with E-state index in [-0.39, 0.29) is 6.04 Å². The number of benzene rings is 1. The van der Waals surface area contributed by atoms with Gasteiger partial charge in [0.1, 0.15) is 0 Å². The molecule has 0 radical (unpaired) electrons. The largest absolute Gasteiger partial charge is 0.312 e. The van der Waals surface area contributed by atoms with Crippen molar-refractivity contribution in [2.24, 2.45) is 0 Å². The van der Waals surface area contributed by atoms with Crippen LogP contribution in [0.5, 0.6) is 0 Å². The second kappa shape index (κ2) is 5.10. The Morgan fingerprint density at radius 3 is 2.76 bits per heavy atom. The number of nitrogens with zero attached hydrogens (tertiary/aromatic N) is 1. The van der Waals surface area contributed by atoms with Gasteiger partial charge in [-0.05, 0) is 31.5 Å². The Morgan fingerprint density at radius 2 is 2.12 bits per heavy atom. The molecule has 2 atom stereocenters. The van der Waals surface area contributed by atoms with Gasteiger partial charge < -0.3 is 5.32 Å². The van der Waals surface area contributed by atoms with Gasteiger partial charge in [-0.15, -0.1) is 0 Å². The Hall–Kier alpha value is -1.00. The molecule has 0 amide bonds. The summed E-state index contributed by atoms with van der Waals surface area (Å²) in [6.45, 7) is 6.97. The maximum Gasteiger partial charge on any atom is 0.159 e. The molecule has 1 aliphatic rings. The number of nitrogens with one attached hydrogen (secondary N) is 1. The fourth-order valence-corrected chi connectivity index (χ4v) is 2.30. The molecule has 0 aliphatic carbocycles. The highest BCUT2D eigenvalue weighted by Crippen LogP contribution is 2.22. The first-order valence-electron chi connectivity index (χ1n) is 6.00. The van der Waals surface area contributed by atoms with E-state index < -0.39 is 11.6 Å². The zero-order valence-electron chi connectivity index (χ0n) is 10.2. The molecule has 1 N–H and O–H groups in total. The first kappa shape index (κ1) is 12.5. The summed E-state index contributed by atoms with van der Waals surface area (Å²) in [6, 6.07) is 4.72. The number of rotatable bonds is 2. The fraction of sp³-hybridized carbons (Fsp3) is 0.538. The molecule has 0 bridgehead atoms. The van der Waals surface area contributed by atoms with Gasteiger partial charge in [0.05, 0.1) is 0 Å². The van der Waals surface area contributed by atoms with E-state index in [1.165, 1.54) is 12.1 Å². The van der Waals surface area contributed by atoms with Crippen LogP contribution in [-0.2, 0) is 0 Å². The highest BCUT2D eigenvalue weighted by molar-refractivity contribution is 5.21. The molecule has 1 saturated heterocycles. The van der Waals surface area contributed by atoms with Gasteiger partial charge in [0.15, 0.2) is 11.6 Å². The second-order valence-electron chi connectivity index (χ2n) is 4.70. The molecule has 2 unspecified atom stereocenters. The van der Waals surface area contributed by atoms with Crippen molar-refractivity contribution in [3.05, 3.63) is 35.4 Å². The molecular formula is C13H18F2N2. The molecule has 4 heteroatoms. The average Bonchev–Trinajstić information content (AvgIpc) is 2.32. The highest BCUT2D eigenvalue weighted by atomic mass is 19.2. The zero-order valence-corrected chi connectivity index (χ0v) is 10.2. The van der Waals surface area contributed by atoms with Crippen molar-refractivity contribution in [2.75, 3.05) is 19.6 Å². The van der Waals surface area contributed by atoms with Crippen molar-refractivity contribution in [3.63, 3.8) is 0 Å². The maximum absolute atomic E-state index is 13.2. The van der Waals surface area contributed by atoms with Gasteiger partial charge in [0, 0.05) is 31.7 Å². The molecule has 1 fully saturated rings. The van der Waals surface area contributed by atoms with E-state index in [4.69, 9.17) is 0 Å². The summed E-state index contributed by atoms with van der Waals surface area (Å²) in [4.78, 5) is 2.29. The Bertz CT molecular complexity index is 395. The smallest absolute Gasteiger partial charge is 0.159 e. The van der Waals surface area contributed by atoms with Gasteiger partial charge in [-0.2, -0.15) is 0 Å². The normalized spacial score (nSPS) is 23.6. The van der Waals surface area contributed by atoms with E-state index in [1.807, 2.05) is 6.92 Å². The Kier molecular flexibility index (Phi) is 3.74. The molecule has 0 aromatic heterocycles. The van der Waals surface area contributed by atoms with E-state index in [0.717, 1.165) is 25.2 Å². The predicted molar refractivity (Wildman–Crippen MR) is 63.8 cm³/mol. The third-order valence-electron chi connectivity index (χ3n) is 3.37.